The van der Waals surface area contributed by atoms with Gasteiger partial charge in [-0.05, 0) is 55.6 Å². The van der Waals surface area contributed by atoms with Gasteiger partial charge < -0.3 is 5.32 Å². The molecule has 1 aliphatic carbocycles. The summed E-state index contributed by atoms with van der Waals surface area (Å²) in [6, 6.07) is 3.96. The summed E-state index contributed by atoms with van der Waals surface area (Å²) in [5.41, 5.74) is 2.48. The van der Waals surface area contributed by atoms with Crippen LogP contribution in [-0.4, -0.2) is 22.4 Å². The number of rotatable bonds is 6. The molecule has 1 fully saturated rings. The second kappa shape index (κ2) is 8.96. The second-order valence-corrected chi connectivity index (χ2v) is 9.61. The average molecular weight is 386 g/mol. The zero-order chi connectivity index (χ0) is 19.3. The minimum atomic E-state index is 0.210. The number of carbonyl (C=O) groups excluding carboxylic acids is 1. The van der Waals surface area contributed by atoms with Gasteiger partial charge in [0.25, 0.3) is 0 Å². The van der Waals surface area contributed by atoms with E-state index in [0.717, 1.165) is 54.4 Å². The number of amides is 1. The Labute approximate surface area is 166 Å². The van der Waals surface area contributed by atoms with Crippen LogP contribution < -0.4 is 5.32 Å². The van der Waals surface area contributed by atoms with Crippen molar-refractivity contribution in [3.05, 3.63) is 34.9 Å². The summed E-state index contributed by atoms with van der Waals surface area (Å²) in [5, 5.41) is 6.37. The van der Waals surface area contributed by atoms with Gasteiger partial charge in [0.05, 0.1) is 10.7 Å². The fraction of sp³-hybridized carbons (Fsp3) is 0.591. The summed E-state index contributed by atoms with van der Waals surface area (Å²) in [6.07, 6.45) is 9.86. The van der Waals surface area contributed by atoms with Crippen LogP contribution >= 0.6 is 11.3 Å². The number of aryl methyl sites for hydroxylation is 1. The van der Waals surface area contributed by atoms with Crippen molar-refractivity contribution in [2.45, 2.75) is 59.3 Å². The maximum absolute atomic E-state index is 12.4. The van der Waals surface area contributed by atoms with Crippen LogP contribution in [0.15, 0.2) is 29.9 Å². The van der Waals surface area contributed by atoms with Gasteiger partial charge in [-0.3, -0.25) is 9.78 Å². The quantitative estimate of drug-likeness (QED) is 0.703. The zero-order valence-corrected chi connectivity index (χ0v) is 17.5. The SMILES string of the molecule is CC(C)(C)C1CCC(C(=O)NCCCc2nc(-c3ccncc3)cs2)CC1. The van der Waals surface area contributed by atoms with E-state index in [1.54, 1.807) is 23.7 Å². The van der Waals surface area contributed by atoms with E-state index >= 15 is 0 Å². The molecule has 4 nitrogen and oxygen atoms in total. The van der Waals surface area contributed by atoms with Crippen LogP contribution in [0.25, 0.3) is 11.3 Å². The van der Waals surface area contributed by atoms with E-state index in [4.69, 9.17) is 4.98 Å². The Morgan fingerprint density at radius 1 is 1.19 bits per heavy atom. The van der Waals surface area contributed by atoms with E-state index in [2.05, 4.69) is 36.5 Å². The first-order chi connectivity index (χ1) is 12.9. The third-order valence-corrected chi connectivity index (χ3v) is 6.63. The molecule has 2 heterocycles. The van der Waals surface area contributed by atoms with Gasteiger partial charge in [-0.25, -0.2) is 4.98 Å². The predicted octanol–water partition coefficient (Wildman–Crippen LogP) is 5.11. The van der Waals surface area contributed by atoms with Gasteiger partial charge in [-0.15, -0.1) is 11.3 Å². The zero-order valence-electron chi connectivity index (χ0n) is 16.7. The molecule has 0 aromatic carbocycles. The fourth-order valence-electron chi connectivity index (χ4n) is 3.90. The van der Waals surface area contributed by atoms with Gasteiger partial charge >= 0.3 is 0 Å². The van der Waals surface area contributed by atoms with Crippen molar-refractivity contribution in [1.29, 1.82) is 0 Å². The maximum atomic E-state index is 12.4. The molecule has 1 amide bonds. The monoisotopic (exact) mass is 385 g/mol. The lowest BCUT2D eigenvalue weighted by molar-refractivity contribution is -0.126. The molecule has 0 bridgehead atoms. The Morgan fingerprint density at radius 3 is 2.56 bits per heavy atom. The lowest BCUT2D eigenvalue weighted by Gasteiger charge is -2.36. The van der Waals surface area contributed by atoms with Crippen molar-refractivity contribution in [2.24, 2.45) is 17.3 Å². The van der Waals surface area contributed by atoms with Crippen LogP contribution in [0, 0.1) is 17.3 Å². The fourth-order valence-corrected chi connectivity index (χ4v) is 4.75. The van der Waals surface area contributed by atoms with E-state index in [9.17, 15) is 4.79 Å². The molecular weight excluding hydrogens is 354 g/mol. The lowest BCUT2D eigenvalue weighted by atomic mass is 9.69. The van der Waals surface area contributed by atoms with E-state index in [1.165, 1.54) is 12.8 Å². The molecule has 1 N–H and O–H groups in total. The number of nitrogens with one attached hydrogen (secondary N) is 1. The minimum absolute atomic E-state index is 0.210. The highest BCUT2D eigenvalue weighted by atomic mass is 32.1. The molecule has 1 saturated carbocycles. The third kappa shape index (κ3) is 5.61. The largest absolute Gasteiger partial charge is 0.356 e. The van der Waals surface area contributed by atoms with Crippen molar-refractivity contribution < 1.29 is 4.79 Å². The Kier molecular flexibility index (Phi) is 6.64. The summed E-state index contributed by atoms with van der Waals surface area (Å²) in [6.45, 7) is 7.69. The lowest BCUT2D eigenvalue weighted by Crippen LogP contribution is -2.35. The molecule has 3 rings (SSSR count). The Hall–Kier alpha value is -1.75. The van der Waals surface area contributed by atoms with Crippen molar-refractivity contribution >= 4 is 17.2 Å². The molecule has 1 aliphatic rings. The Bertz CT molecular complexity index is 728. The van der Waals surface area contributed by atoms with Crippen molar-refractivity contribution in [1.82, 2.24) is 15.3 Å². The highest BCUT2D eigenvalue weighted by Gasteiger charge is 2.32. The van der Waals surface area contributed by atoms with Gasteiger partial charge in [0.2, 0.25) is 5.91 Å². The summed E-state index contributed by atoms with van der Waals surface area (Å²) in [7, 11) is 0. The Morgan fingerprint density at radius 2 is 1.89 bits per heavy atom. The van der Waals surface area contributed by atoms with Crippen LogP contribution in [0.2, 0.25) is 0 Å². The molecule has 5 heteroatoms. The summed E-state index contributed by atoms with van der Waals surface area (Å²) in [5.74, 6) is 1.21. The number of aromatic nitrogens is 2. The maximum Gasteiger partial charge on any atom is 0.223 e. The van der Waals surface area contributed by atoms with Crippen LogP contribution in [0.3, 0.4) is 0 Å². The molecule has 0 radical (unpaired) electrons. The van der Waals surface area contributed by atoms with Crippen LogP contribution in [0.5, 0.6) is 0 Å². The van der Waals surface area contributed by atoms with E-state index in [0.29, 0.717) is 5.41 Å². The van der Waals surface area contributed by atoms with Gasteiger partial charge in [-0.2, -0.15) is 0 Å². The first-order valence-electron chi connectivity index (χ1n) is 10.1. The molecule has 0 saturated heterocycles. The van der Waals surface area contributed by atoms with E-state index in [1.807, 2.05) is 12.1 Å². The van der Waals surface area contributed by atoms with Crippen LogP contribution in [0.4, 0.5) is 0 Å². The predicted molar refractivity (Wildman–Crippen MR) is 112 cm³/mol. The molecule has 2 aromatic heterocycles. The van der Waals surface area contributed by atoms with Crippen molar-refractivity contribution in [3.8, 4) is 11.3 Å². The smallest absolute Gasteiger partial charge is 0.223 e. The number of pyridine rings is 1. The van der Waals surface area contributed by atoms with Gasteiger partial charge in [0.1, 0.15) is 0 Å². The van der Waals surface area contributed by atoms with Gasteiger partial charge in [-0.1, -0.05) is 20.8 Å². The van der Waals surface area contributed by atoms with Crippen molar-refractivity contribution in [2.75, 3.05) is 6.54 Å². The molecule has 27 heavy (non-hydrogen) atoms. The van der Waals surface area contributed by atoms with Gasteiger partial charge in [0.15, 0.2) is 0 Å². The third-order valence-electron chi connectivity index (χ3n) is 5.72. The second-order valence-electron chi connectivity index (χ2n) is 8.67. The first kappa shape index (κ1) is 20.0. The van der Waals surface area contributed by atoms with Crippen LogP contribution in [0.1, 0.15) is 57.9 Å². The topological polar surface area (TPSA) is 54.9 Å². The molecule has 0 unspecified atom stereocenters. The summed E-state index contributed by atoms with van der Waals surface area (Å²) < 4.78 is 0. The number of hydrogen-bond acceptors (Lipinski definition) is 4. The number of carbonyl (C=O) groups is 1. The first-order valence-corrected chi connectivity index (χ1v) is 10.9. The highest BCUT2D eigenvalue weighted by molar-refractivity contribution is 7.09. The van der Waals surface area contributed by atoms with Crippen LogP contribution in [-0.2, 0) is 11.2 Å². The number of thiazole rings is 1. The molecule has 0 spiro atoms. The Balaban J connectivity index is 1.37. The normalized spacial score (nSPS) is 20.4. The van der Waals surface area contributed by atoms with Gasteiger partial charge in [0, 0.05) is 42.2 Å². The summed E-state index contributed by atoms with van der Waals surface area (Å²) >= 11 is 1.69. The highest BCUT2D eigenvalue weighted by Crippen LogP contribution is 2.39. The number of nitrogens with zero attached hydrogens (tertiary/aromatic N) is 2. The van der Waals surface area contributed by atoms with E-state index < -0.39 is 0 Å². The molecular formula is C22H31N3OS. The molecule has 0 atom stereocenters. The molecule has 0 aliphatic heterocycles. The minimum Gasteiger partial charge on any atom is -0.356 e. The molecule has 146 valence electrons. The standard InChI is InChI=1S/C22H31N3OS/c1-22(2,3)18-8-6-17(7-9-18)21(26)24-12-4-5-20-25-19(15-27-20)16-10-13-23-14-11-16/h10-11,13-15,17-18H,4-9,12H2,1-3H3,(H,24,26). The number of hydrogen-bond donors (Lipinski definition) is 1. The average Bonchev–Trinajstić information content (AvgIpc) is 3.14. The van der Waals surface area contributed by atoms with E-state index in [-0.39, 0.29) is 11.8 Å². The summed E-state index contributed by atoms with van der Waals surface area (Å²) in [4.78, 5) is 21.2. The molecule has 2 aromatic rings. The van der Waals surface area contributed by atoms with Crippen molar-refractivity contribution in [3.63, 3.8) is 0 Å².